The largest absolute Gasteiger partial charge is 0.335 e. The van der Waals surface area contributed by atoms with Gasteiger partial charge in [0.1, 0.15) is 0 Å². The molecule has 0 spiro atoms. The number of carbonyl (C=O) groups is 1. The van der Waals surface area contributed by atoms with Crippen molar-refractivity contribution in [1.82, 2.24) is 10.2 Å². The molecule has 3 nitrogen and oxygen atoms in total. The van der Waals surface area contributed by atoms with E-state index in [1.54, 1.807) is 0 Å². The highest BCUT2D eigenvalue weighted by atomic mass is 16.2. The first-order chi connectivity index (χ1) is 6.19. The van der Waals surface area contributed by atoms with Crippen LogP contribution in [0.15, 0.2) is 12.7 Å². The first-order valence-electron chi connectivity index (χ1n) is 4.79. The van der Waals surface area contributed by atoms with E-state index in [9.17, 15) is 4.79 Å². The predicted octanol–water partition coefficient (Wildman–Crippen LogP) is 0.771. The van der Waals surface area contributed by atoms with Crippen molar-refractivity contribution in [3.05, 3.63) is 12.7 Å². The van der Waals surface area contributed by atoms with Crippen molar-refractivity contribution in [2.75, 3.05) is 13.6 Å². The van der Waals surface area contributed by atoms with Crippen LogP contribution in [0.25, 0.3) is 0 Å². The van der Waals surface area contributed by atoms with E-state index in [-0.39, 0.29) is 5.91 Å². The Morgan fingerprint density at radius 2 is 2.31 bits per heavy atom. The zero-order valence-electron chi connectivity index (χ0n) is 8.42. The van der Waals surface area contributed by atoms with Crippen LogP contribution in [0.2, 0.25) is 0 Å². The van der Waals surface area contributed by atoms with E-state index in [1.807, 2.05) is 11.9 Å². The van der Waals surface area contributed by atoms with Crippen molar-refractivity contribution < 1.29 is 4.79 Å². The van der Waals surface area contributed by atoms with Gasteiger partial charge in [-0.2, -0.15) is 0 Å². The smallest absolute Gasteiger partial charge is 0.246 e. The van der Waals surface area contributed by atoms with Crippen molar-refractivity contribution in [3.8, 4) is 0 Å². The van der Waals surface area contributed by atoms with Crippen LogP contribution in [0.1, 0.15) is 19.8 Å². The minimum Gasteiger partial charge on any atom is -0.335 e. The average molecular weight is 182 g/mol. The molecule has 1 heterocycles. The monoisotopic (exact) mass is 182 g/mol. The van der Waals surface area contributed by atoms with Gasteiger partial charge in [0, 0.05) is 18.6 Å². The minimum atomic E-state index is 0.0486. The van der Waals surface area contributed by atoms with Crippen molar-refractivity contribution in [2.24, 2.45) is 0 Å². The molecule has 2 atom stereocenters. The maximum Gasteiger partial charge on any atom is 0.246 e. The molecule has 1 rings (SSSR count). The first kappa shape index (κ1) is 10.3. The van der Waals surface area contributed by atoms with E-state index < -0.39 is 0 Å². The minimum absolute atomic E-state index is 0.0486. The summed E-state index contributed by atoms with van der Waals surface area (Å²) in [6.07, 6.45) is 3.62. The van der Waals surface area contributed by atoms with Gasteiger partial charge in [-0.15, -0.1) is 0 Å². The van der Waals surface area contributed by atoms with E-state index in [4.69, 9.17) is 0 Å². The number of nitrogens with zero attached hydrogens (tertiary/aromatic N) is 1. The van der Waals surface area contributed by atoms with Crippen LogP contribution in [0.3, 0.4) is 0 Å². The normalized spacial score (nSPS) is 28.6. The average Bonchev–Trinajstić information content (AvgIpc) is 2.17. The standard InChI is InChI=1S/C10H18N2O/c1-4-10(13)12-7-9(11-3)6-5-8(12)2/h4,8-9,11H,1,5-7H2,2-3H3/t8-,9+/m1/s1. The molecule has 74 valence electrons. The van der Waals surface area contributed by atoms with Gasteiger partial charge >= 0.3 is 0 Å². The molecular weight excluding hydrogens is 164 g/mol. The molecule has 1 amide bonds. The van der Waals surface area contributed by atoms with Gasteiger partial charge in [0.15, 0.2) is 0 Å². The van der Waals surface area contributed by atoms with Crippen LogP contribution in [-0.2, 0) is 4.79 Å². The van der Waals surface area contributed by atoms with Crippen LogP contribution < -0.4 is 5.32 Å². The van der Waals surface area contributed by atoms with Crippen LogP contribution >= 0.6 is 0 Å². The van der Waals surface area contributed by atoms with Crippen LogP contribution in [0, 0.1) is 0 Å². The number of piperidine rings is 1. The summed E-state index contributed by atoms with van der Waals surface area (Å²) in [6.45, 7) is 6.41. The third-order valence-electron chi connectivity index (χ3n) is 2.75. The zero-order chi connectivity index (χ0) is 9.84. The van der Waals surface area contributed by atoms with E-state index in [1.165, 1.54) is 6.08 Å². The summed E-state index contributed by atoms with van der Waals surface area (Å²) >= 11 is 0. The Balaban J connectivity index is 2.59. The van der Waals surface area contributed by atoms with Crippen LogP contribution in [0.4, 0.5) is 0 Å². The molecule has 0 unspecified atom stereocenters. The lowest BCUT2D eigenvalue weighted by Crippen LogP contribution is -2.50. The van der Waals surface area contributed by atoms with Crippen molar-refractivity contribution in [3.63, 3.8) is 0 Å². The van der Waals surface area contributed by atoms with Gasteiger partial charge in [0.2, 0.25) is 5.91 Å². The lowest BCUT2D eigenvalue weighted by Gasteiger charge is -2.37. The molecular formula is C10H18N2O. The summed E-state index contributed by atoms with van der Waals surface area (Å²) in [5.74, 6) is 0.0486. The lowest BCUT2D eigenvalue weighted by molar-refractivity contribution is -0.129. The molecule has 0 aromatic carbocycles. The molecule has 0 radical (unpaired) electrons. The molecule has 0 aliphatic carbocycles. The second kappa shape index (κ2) is 4.42. The number of carbonyl (C=O) groups excluding carboxylic acids is 1. The van der Waals surface area contributed by atoms with Gasteiger partial charge in [-0.1, -0.05) is 6.58 Å². The Morgan fingerprint density at radius 3 is 2.85 bits per heavy atom. The lowest BCUT2D eigenvalue weighted by atomic mass is 9.99. The van der Waals surface area contributed by atoms with Gasteiger partial charge < -0.3 is 10.2 Å². The quantitative estimate of drug-likeness (QED) is 0.640. The number of rotatable bonds is 2. The second-order valence-corrected chi connectivity index (χ2v) is 3.61. The molecule has 1 aliphatic rings. The molecule has 1 saturated heterocycles. The third-order valence-corrected chi connectivity index (χ3v) is 2.75. The Bertz CT molecular complexity index is 203. The molecule has 13 heavy (non-hydrogen) atoms. The molecule has 1 aliphatic heterocycles. The second-order valence-electron chi connectivity index (χ2n) is 3.61. The first-order valence-corrected chi connectivity index (χ1v) is 4.79. The Morgan fingerprint density at radius 1 is 1.62 bits per heavy atom. The van der Waals surface area contributed by atoms with Gasteiger partial charge in [-0.25, -0.2) is 0 Å². The number of likely N-dealkylation sites (tertiary alicyclic amines) is 1. The van der Waals surface area contributed by atoms with Gasteiger partial charge in [0.05, 0.1) is 0 Å². The highest BCUT2D eigenvalue weighted by Crippen LogP contribution is 2.16. The Kier molecular flexibility index (Phi) is 3.48. The molecule has 0 aromatic rings. The van der Waals surface area contributed by atoms with E-state index >= 15 is 0 Å². The van der Waals surface area contributed by atoms with Crippen LogP contribution in [0.5, 0.6) is 0 Å². The van der Waals surface area contributed by atoms with E-state index in [2.05, 4.69) is 18.8 Å². The summed E-state index contributed by atoms with van der Waals surface area (Å²) in [6, 6.07) is 0.801. The number of likely N-dealkylation sites (N-methyl/N-ethyl adjacent to an activating group) is 1. The third kappa shape index (κ3) is 2.31. The maximum atomic E-state index is 11.4. The van der Waals surface area contributed by atoms with Crippen molar-refractivity contribution >= 4 is 5.91 Å². The molecule has 1 N–H and O–H groups in total. The van der Waals surface area contributed by atoms with Crippen molar-refractivity contribution in [1.29, 1.82) is 0 Å². The fraction of sp³-hybridized carbons (Fsp3) is 0.700. The van der Waals surface area contributed by atoms with Gasteiger partial charge in [-0.3, -0.25) is 4.79 Å². The number of hydrogen-bond acceptors (Lipinski definition) is 2. The van der Waals surface area contributed by atoms with Gasteiger partial charge in [-0.05, 0) is 32.9 Å². The molecule has 0 bridgehead atoms. The fourth-order valence-electron chi connectivity index (χ4n) is 1.77. The summed E-state index contributed by atoms with van der Waals surface area (Å²) < 4.78 is 0. The van der Waals surface area contributed by atoms with Gasteiger partial charge in [0.25, 0.3) is 0 Å². The molecule has 1 fully saturated rings. The fourth-order valence-corrected chi connectivity index (χ4v) is 1.77. The highest BCUT2D eigenvalue weighted by Gasteiger charge is 2.26. The summed E-state index contributed by atoms with van der Waals surface area (Å²) in [5.41, 5.74) is 0. The molecule has 0 aromatic heterocycles. The highest BCUT2D eigenvalue weighted by molar-refractivity contribution is 5.87. The van der Waals surface area contributed by atoms with Crippen LogP contribution in [-0.4, -0.2) is 36.5 Å². The number of amides is 1. The van der Waals surface area contributed by atoms with Crippen molar-refractivity contribution in [2.45, 2.75) is 31.8 Å². The predicted molar refractivity (Wildman–Crippen MR) is 53.5 cm³/mol. The topological polar surface area (TPSA) is 32.3 Å². The van der Waals surface area contributed by atoms with E-state index in [0.717, 1.165) is 19.4 Å². The Labute approximate surface area is 79.8 Å². The number of nitrogens with one attached hydrogen (secondary N) is 1. The Hall–Kier alpha value is -0.830. The molecule has 3 heteroatoms. The zero-order valence-corrected chi connectivity index (χ0v) is 8.42. The SMILES string of the molecule is C=CC(=O)N1C[C@@H](NC)CC[C@H]1C. The summed E-state index contributed by atoms with van der Waals surface area (Å²) in [7, 11) is 1.94. The summed E-state index contributed by atoms with van der Waals surface area (Å²) in [4.78, 5) is 13.3. The maximum absolute atomic E-state index is 11.4. The molecule has 0 saturated carbocycles. The summed E-state index contributed by atoms with van der Waals surface area (Å²) in [5, 5.41) is 3.21. The number of hydrogen-bond donors (Lipinski definition) is 1. The van der Waals surface area contributed by atoms with E-state index in [0.29, 0.717) is 12.1 Å².